The molecule has 3 rings (SSSR count). The zero-order valence-corrected chi connectivity index (χ0v) is 14.9. The van der Waals surface area contributed by atoms with Crippen molar-refractivity contribution in [3.05, 3.63) is 59.2 Å². The van der Waals surface area contributed by atoms with Crippen molar-refractivity contribution in [1.82, 2.24) is 0 Å². The number of benzene rings is 2. The van der Waals surface area contributed by atoms with Crippen LogP contribution in [0.15, 0.2) is 42.5 Å². The number of hydrogen-bond acceptors (Lipinski definition) is 4. The summed E-state index contributed by atoms with van der Waals surface area (Å²) in [5.41, 5.74) is 4.42. The average molecular weight is 353 g/mol. The summed E-state index contributed by atoms with van der Waals surface area (Å²) in [5.74, 6) is 0.0743. The molecule has 136 valence electrons. The Morgan fingerprint density at radius 3 is 2.58 bits per heavy atom. The molecule has 0 radical (unpaired) electrons. The Bertz CT molecular complexity index is 783. The van der Waals surface area contributed by atoms with Crippen LogP contribution < -0.4 is 10.1 Å². The number of ether oxygens (including phenoxy) is 2. The van der Waals surface area contributed by atoms with E-state index in [0.29, 0.717) is 6.42 Å². The Hall–Kier alpha value is -2.82. The van der Waals surface area contributed by atoms with Crippen molar-refractivity contribution >= 4 is 17.6 Å². The summed E-state index contributed by atoms with van der Waals surface area (Å²) in [5, 5.41) is 2.78. The number of anilines is 1. The maximum atomic E-state index is 12.0. The van der Waals surface area contributed by atoms with E-state index in [1.165, 1.54) is 17.5 Å². The van der Waals surface area contributed by atoms with Gasteiger partial charge in [0.25, 0.3) is 5.91 Å². The lowest BCUT2D eigenvalue weighted by Gasteiger charge is -2.08. The molecule has 0 bridgehead atoms. The van der Waals surface area contributed by atoms with Crippen LogP contribution in [0.5, 0.6) is 5.75 Å². The lowest BCUT2D eigenvalue weighted by Crippen LogP contribution is -2.21. The zero-order chi connectivity index (χ0) is 18.4. The van der Waals surface area contributed by atoms with E-state index in [4.69, 9.17) is 9.47 Å². The standard InChI is InChI=1S/C21H23NO4/c1-25-19-10-5-15(6-11-19)7-12-21(24)26-14-20(23)22-18-9-8-16-3-2-4-17(16)13-18/h5-6,8-11,13H,2-4,7,12,14H2,1H3,(H,22,23). The van der Waals surface area contributed by atoms with Gasteiger partial charge in [-0.25, -0.2) is 0 Å². The molecule has 1 N–H and O–H groups in total. The van der Waals surface area contributed by atoms with E-state index >= 15 is 0 Å². The van der Waals surface area contributed by atoms with Gasteiger partial charge in [-0.3, -0.25) is 9.59 Å². The highest BCUT2D eigenvalue weighted by Crippen LogP contribution is 2.24. The molecule has 26 heavy (non-hydrogen) atoms. The van der Waals surface area contributed by atoms with Gasteiger partial charge in [0.05, 0.1) is 7.11 Å². The maximum Gasteiger partial charge on any atom is 0.306 e. The van der Waals surface area contributed by atoms with Crippen LogP contribution in [-0.2, 0) is 33.6 Å². The van der Waals surface area contributed by atoms with Crippen molar-refractivity contribution in [3.8, 4) is 5.75 Å². The first-order chi connectivity index (χ1) is 12.6. The smallest absolute Gasteiger partial charge is 0.306 e. The Balaban J connectivity index is 1.40. The molecule has 2 aromatic rings. The summed E-state index contributed by atoms with van der Waals surface area (Å²) in [6.07, 6.45) is 4.13. The number of carbonyl (C=O) groups excluding carboxylic acids is 2. The second-order valence-electron chi connectivity index (χ2n) is 6.39. The number of fused-ring (bicyclic) bond motifs is 1. The summed E-state index contributed by atoms with van der Waals surface area (Å²) in [6.45, 7) is -0.265. The lowest BCUT2D eigenvalue weighted by molar-refractivity contribution is -0.147. The highest BCUT2D eigenvalue weighted by Gasteiger charge is 2.13. The van der Waals surface area contributed by atoms with Crippen molar-refractivity contribution < 1.29 is 19.1 Å². The van der Waals surface area contributed by atoms with Crippen LogP contribution in [0.4, 0.5) is 5.69 Å². The molecule has 0 saturated heterocycles. The molecule has 1 aliphatic rings. The summed E-state index contributed by atoms with van der Waals surface area (Å²) < 4.78 is 10.2. The van der Waals surface area contributed by atoms with E-state index in [-0.39, 0.29) is 24.9 Å². The van der Waals surface area contributed by atoms with Crippen molar-refractivity contribution in [2.75, 3.05) is 19.0 Å². The van der Waals surface area contributed by atoms with Gasteiger partial charge in [0.1, 0.15) is 5.75 Å². The molecule has 0 spiro atoms. The summed E-state index contributed by atoms with van der Waals surface area (Å²) >= 11 is 0. The molecule has 0 saturated carbocycles. The average Bonchev–Trinajstić information content (AvgIpc) is 3.13. The summed E-state index contributed by atoms with van der Waals surface area (Å²) in [6, 6.07) is 13.5. The van der Waals surface area contributed by atoms with Crippen molar-refractivity contribution in [2.45, 2.75) is 32.1 Å². The molecule has 5 nitrogen and oxygen atoms in total. The van der Waals surface area contributed by atoms with Crippen molar-refractivity contribution in [2.24, 2.45) is 0 Å². The SMILES string of the molecule is COc1ccc(CCC(=O)OCC(=O)Nc2ccc3c(c2)CCC3)cc1. The third kappa shape index (κ3) is 4.85. The van der Waals surface area contributed by atoms with Gasteiger partial charge in [-0.2, -0.15) is 0 Å². The van der Waals surface area contributed by atoms with Gasteiger partial charge in [0.15, 0.2) is 6.61 Å². The molecule has 0 unspecified atom stereocenters. The fourth-order valence-corrected chi connectivity index (χ4v) is 3.10. The maximum absolute atomic E-state index is 12.0. The largest absolute Gasteiger partial charge is 0.497 e. The van der Waals surface area contributed by atoms with Gasteiger partial charge < -0.3 is 14.8 Å². The van der Waals surface area contributed by atoms with Gasteiger partial charge in [-0.15, -0.1) is 0 Å². The highest BCUT2D eigenvalue weighted by atomic mass is 16.5. The van der Waals surface area contributed by atoms with E-state index in [1.54, 1.807) is 7.11 Å². The van der Waals surface area contributed by atoms with Gasteiger partial charge >= 0.3 is 5.97 Å². The Labute approximate surface area is 153 Å². The first kappa shape index (κ1) is 18.0. The molecule has 0 fully saturated rings. The van der Waals surface area contributed by atoms with E-state index in [0.717, 1.165) is 29.8 Å². The Kier molecular flexibility index (Phi) is 5.89. The van der Waals surface area contributed by atoms with Crippen molar-refractivity contribution in [1.29, 1.82) is 0 Å². The van der Waals surface area contributed by atoms with Crippen LogP contribution in [0.3, 0.4) is 0 Å². The number of carbonyl (C=O) groups is 2. The van der Waals surface area contributed by atoms with Crippen LogP contribution in [0.25, 0.3) is 0 Å². The first-order valence-corrected chi connectivity index (χ1v) is 8.84. The second kappa shape index (κ2) is 8.52. The number of amides is 1. The molecule has 5 heteroatoms. The molecule has 0 aliphatic heterocycles. The van der Waals surface area contributed by atoms with Crippen LogP contribution in [0, 0.1) is 0 Å². The van der Waals surface area contributed by atoms with Crippen LogP contribution in [0.2, 0.25) is 0 Å². The number of hydrogen-bond donors (Lipinski definition) is 1. The summed E-state index contributed by atoms with van der Waals surface area (Å²) in [7, 11) is 1.61. The number of methoxy groups -OCH3 is 1. The fourth-order valence-electron chi connectivity index (χ4n) is 3.10. The molecule has 0 aromatic heterocycles. The lowest BCUT2D eigenvalue weighted by atomic mass is 10.1. The number of rotatable bonds is 7. The van der Waals surface area contributed by atoms with Gasteiger partial charge in [0, 0.05) is 12.1 Å². The predicted molar refractivity (Wildman–Crippen MR) is 99.4 cm³/mol. The van der Waals surface area contributed by atoms with Gasteiger partial charge in [0.2, 0.25) is 0 Å². The Morgan fingerprint density at radius 1 is 1.04 bits per heavy atom. The van der Waals surface area contributed by atoms with Crippen LogP contribution in [0.1, 0.15) is 29.5 Å². The molecule has 0 atom stereocenters. The zero-order valence-electron chi connectivity index (χ0n) is 14.9. The van der Waals surface area contributed by atoms with Crippen molar-refractivity contribution in [3.63, 3.8) is 0 Å². The minimum atomic E-state index is -0.384. The van der Waals surface area contributed by atoms with Crippen LogP contribution in [-0.4, -0.2) is 25.6 Å². The van der Waals surface area contributed by atoms with Crippen LogP contribution >= 0.6 is 0 Å². The van der Waals surface area contributed by atoms with E-state index in [2.05, 4.69) is 11.4 Å². The Morgan fingerprint density at radius 2 is 1.81 bits per heavy atom. The number of nitrogens with one attached hydrogen (secondary N) is 1. The molecular weight excluding hydrogens is 330 g/mol. The fraction of sp³-hybridized carbons (Fsp3) is 0.333. The molecule has 1 aliphatic carbocycles. The van der Waals surface area contributed by atoms with Gasteiger partial charge in [-0.05, 0) is 66.6 Å². The normalized spacial score (nSPS) is 12.3. The first-order valence-electron chi connectivity index (χ1n) is 8.84. The minimum absolute atomic E-state index is 0.235. The van der Waals surface area contributed by atoms with E-state index < -0.39 is 0 Å². The third-order valence-electron chi connectivity index (χ3n) is 4.52. The predicted octanol–water partition coefficient (Wildman–Crippen LogP) is 3.30. The number of aryl methyl sites for hydroxylation is 3. The highest BCUT2D eigenvalue weighted by molar-refractivity contribution is 5.92. The van der Waals surface area contributed by atoms with E-state index in [1.807, 2.05) is 36.4 Å². The van der Waals surface area contributed by atoms with Gasteiger partial charge in [-0.1, -0.05) is 18.2 Å². The van der Waals surface area contributed by atoms with E-state index in [9.17, 15) is 9.59 Å². The second-order valence-corrected chi connectivity index (χ2v) is 6.39. The molecular formula is C21H23NO4. The topological polar surface area (TPSA) is 64.6 Å². The molecule has 0 heterocycles. The monoisotopic (exact) mass is 353 g/mol. The number of esters is 1. The molecule has 1 amide bonds. The third-order valence-corrected chi connectivity index (χ3v) is 4.52. The minimum Gasteiger partial charge on any atom is -0.497 e. The summed E-state index contributed by atoms with van der Waals surface area (Å²) in [4.78, 5) is 23.8. The molecule has 2 aromatic carbocycles. The quantitative estimate of drug-likeness (QED) is 0.776.